The average molecular weight is 582 g/mol. The van der Waals surface area contributed by atoms with Crippen molar-refractivity contribution in [3.63, 3.8) is 0 Å². The fourth-order valence-corrected chi connectivity index (χ4v) is 6.38. The Balaban J connectivity index is 1.11. The number of hydrogen-bond donors (Lipinski definition) is 1. The number of H-pyrrole nitrogens is 1. The number of anilines is 1. The quantitative estimate of drug-likeness (QED) is 0.231. The Kier molecular flexibility index (Phi) is 6.05. The summed E-state index contributed by atoms with van der Waals surface area (Å²) >= 11 is 6.61. The average Bonchev–Trinajstić information content (AvgIpc) is 3.75. The summed E-state index contributed by atoms with van der Waals surface area (Å²) in [6.07, 6.45) is 4.82. The summed E-state index contributed by atoms with van der Waals surface area (Å²) in [5.74, 6) is -0.281. The molecule has 0 saturated carbocycles. The van der Waals surface area contributed by atoms with E-state index in [1.807, 2.05) is 36.5 Å². The van der Waals surface area contributed by atoms with E-state index in [2.05, 4.69) is 21.1 Å². The van der Waals surface area contributed by atoms with Crippen LogP contribution < -0.4 is 4.90 Å². The minimum Gasteiger partial charge on any atom is -0.336 e. The van der Waals surface area contributed by atoms with Gasteiger partial charge in [0.2, 0.25) is 0 Å². The Labute approximate surface area is 244 Å². The lowest BCUT2D eigenvalue weighted by Crippen LogP contribution is -2.48. The number of carbonyl (C=O) groups excluding carboxylic acids is 2. The number of halogens is 1. The number of piperidine rings is 1. The highest BCUT2D eigenvalue weighted by atomic mass is 35.5. The summed E-state index contributed by atoms with van der Waals surface area (Å²) in [6, 6.07) is 19.3. The number of benzene rings is 3. The number of nitrogens with zero attached hydrogens (tertiary/aromatic N) is 6. The van der Waals surface area contributed by atoms with Crippen LogP contribution in [0, 0.1) is 10.1 Å². The smallest absolute Gasteiger partial charge is 0.289 e. The molecule has 2 amide bonds. The lowest BCUT2D eigenvalue weighted by molar-refractivity contribution is -0.384. The van der Waals surface area contributed by atoms with Crippen molar-refractivity contribution < 1.29 is 14.5 Å². The largest absolute Gasteiger partial charge is 0.336 e. The minimum atomic E-state index is -0.483. The van der Waals surface area contributed by atoms with Crippen LogP contribution in [-0.2, 0) is 5.41 Å². The summed E-state index contributed by atoms with van der Waals surface area (Å²) in [7, 11) is 0. The van der Waals surface area contributed by atoms with E-state index in [-0.39, 0.29) is 28.7 Å². The molecule has 11 nitrogen and oxygen atoms in total. The Morgan fingerprint density at radius 1 is 1.00 bits per heavy atom. The summed E-state index contributed by atoms with van der Waals surface area (Å²) < 4.78 is 1.69. The summed E-state index contributed by atoms with van der Waals surface area (Å²) in [5, 5.41) is 15.7. The number of nitro groups is 1. The van der Waals surface area contributed by atoms with Crippen molar-refractivity contribution in [1.29, 1.82) is 0 Å². The lowest BCUT2D eigenvalue weighted by Gasteiger charge is -2.39. The van der Waals surface area contributed by atoms with E-state index < -0.39 is 4.92 Å². The molecule has 210 valence electrons. The number of nitrogens with one attached hydrogen (secondary N) is 1. The SMILES string of the molecule is O=C(c1nc2ccc([N+](=O)[O-])cc2[nH]1)N1CCC2(CC1)CN(C(=O)c1ccc(-n3cccn3)cc1Cl)c1ccccc12. The number of aromatic amines is 1. The molecule has 42 heavy (non-hydrogen) atoms. The van der Waals surface area contributed by atoms with E-state index >= 15 is 0 Å². The fraction of sp³-hybridized carbons (Fsp3) is 0.200. The summed E-state index contributed by atoms with van der Waals surface area (Å²) in [6.45, 7) is 1.44. The number of fused-ring (bicyclic) bond motifs is 3. The van der Waals surface area contributed by atoms with Crippen LogP contribution in [0.5, 0.6) is 0 Å². The summed E-state index contributed by atoms with van der Waals surface area (Å²) in [5.41, 5.74) is 3.68. The number of rotatable bonds is 4. The molecular formula is C30H24ClN7O4. The number of hydrogen-bond acceptors (Lipinski definition) is 6. The molecule has 3 aromatic carbocycles. The van der Waals surface area contributed by atoms with Gasteiger partial charge < -0.3 is 14.8 Å². The van der Waals surface area contributed by atoms with Crippen LogP contribution in [0.4, 0.5) is 11.4 Å². The molecule has 0 bridgehead atoms. The third-order valence-corrected chi connectivity index (χ3v) is 8.62. The van der Waals surface area contributed by atoms with Gasteiger partial charge in [-0.15, -0.1) is 0 Å². The summed E-state index contributed by atoms with van der Waals surface area (Å²) in [4.78, 5) is 48.7. The van der Waals surface area contributed by atoms with Gasteiger partial charge in [0.25, 0.3) is 17.5 Å². The predicted octanol–water partition coefficient (Wildman–Crippen LogP) is 5.14. The third kappa shape index (κ3) is 4.20. The minimum absolute atomic E-state index is 0.0702. The molecule has 1 spiro atoms. The molecule has 2 aliphatic heterocycles. The molecule has 4 heterocycles. The van der Waals surface area contributed by atoms with E-state index in [9.17, 15) is 19.7 Å². The first-order chi connectivity index (χ1) is 20.3. The second kappa shape index (κ2) is 9.81. The van der Waals surface area contributed by atoms with E-state index in [1.54, 1.807) is 32.8 Å². The van der Waals surface area contributed by atoms with Crippen LogP contribution in [0.1, 0.15) is 39.4 Å². The number of likely N-dealkylation sites (tertiary alicyclic amines) is 1. The fourth-order valence-electron chi connectivity index (χ4n) is 6.13. The Morgan fingerprint density at radius 3 is 2.55 bits per heavy atom. The second-order valence-corrected chi connectivity index (χ2v) is 11.0. The van der Waals surface area contributed by atoms with Gasteiger partial charge >= 0.3 is 0 Å². The van der Waals surface area contributed by atoms with Crippen LogP contribution in [0.3, 0.4) is 0 Å². The Hall–Kier alpha value is -5.03. The van der Waals surface area contributed by atoms with Crippen molar-refractivity contribution in [3.8, 4) is 5.69 Å². The highest BCUT2D eigenvalue weighted by molar-refractivity contribution is 6.34. The molecule has 1 fully saturated rings. The molecule has 0 unspecified atom stereocenters. The van der Waals surface area contributed by atoms with Gasteiger partial charge in [-0.05, 0) is 54.8 Å². The number of amides is 2. The first kappa shape index (κ1) is 25.9. The van der Waals surface area contributed by atoms with Crippen molar-refractivity contribution >= 4 is 45.8 Å². The van der Waals surface area contributed by atoms with Crippen molar-refractivity contribution in [3.05, 3.63) is 111 Å². The van der Waals surface area contributed by atoms with Crippen LogP contribution in [0.25, 0.3) is 16.7 Å². The zero-order chi connectivity index (χ0) is 29.0. The molecule has 12 heteroatoms. The first-order valence-corrected chi connectivity index (χ1v) is 13.9. The molecule has 0 atom stereocenters. The third-order valence-electron chi connectivity index (χ3n) is 8.31. The number of para-hydroxylation sites is 1. The topological polar surface area (TPSA) is 130 Å². The molecule has 0 radical (unpaired) electrons. The van der Waals surface area contributed by atoms with Gasteiger partial charge in [0.05, 0.1) is 32.2 Å². The van der Waals surface area contributed by atoms with Gasteiger partial charge in [0, 0.05) is 55.3 Å². The van der Waals surface area contributed by atoms with Gasteiger partial charge in [-0.3, -0.25) is 19.7 Å². The monoisotopic (exact) mass is 581 g/mol. The predicted molar refractivity (Wildman–Crippen MR) is 156 cm³/mol. The van der Waals surface area contributed by atoms with Crippen LogP contribution in [0.15, 0.2) is 79.1 Å². The van der Waals surface area contributed by atoms with Crippen molar-refractivity contribution in [1.82, 2.24) is 24.6 Å². The standard InChI is InChI=1S/C30H24ClN7O4/c31-23-16-19(37-13-3-12-32-37)6-8-21(23)28(39)36-18-30(22-4-1-2-5-26(22)36)10-14-35(15-11-30)29(40)27-33-24-9-7-20(38(41)42)17-25(24)34-27/h1-9,12-13,16-17H,10-11,14-15,18H2,(H,33,34). The van der Waals surface area contributed by atoms with Gasteiger partial charge in [0.15, 0.2) is 5.82 Å². The number of non-ortho nitro benzene ring substituents is 1. The Bertz CT molecular complexity index is 1880. The van der Waals surface area contributed by atoms with Crippen molar-refractivity contribution in [2.24, 2.45) is 0 Å². The number of imidazole rings is 1. The normalized spacial score (nSPS) is 15.7. The number of aromatic nitrogens is 4. The van der Waals surface area contributed by atoms with Gasteiger partial charge in [-0.1, -0.05) is 29.8 Å². The van der Waals surface area contributed by atoms with E-state index in [1.165, 1.54) is 18.2 Å². The van der Waals surface area contributed by atoms with Gasteiger partial charge in [-0.25, -0.2) is 9.67 Å². The maximum Gasteiger partial charge on any atom is 0.289 e. The number of nitro benzene ring substituents is 1. The molecule has 1 saturated heterocycles. The first-order valence-electron chi connectivity index (χ1n) is 13.5. The molecule has 0 aliphatic carbocycles. The maximum absolute atomic E-state index is 13.9. The molecule has 2 aliphatic rings. The Morgan fingerprint density at radius 2 is 1.81 bits per heavy atom. The van der Waals surface area contributed by atoms with Crippen LogP contribution >= 0.6 is 11.6 Å². The molecule has 5 aromatic rings. The van der Waals surface area contributed by atoms with E-state index in [4.69, 9.17) is 11.6 Å². The molecule has 7 rings (SSSR count). The van der Waals surface area contributed by atoms with Gasteiger partial charge in [-0.2, -0.15) is 5.10 Å². The van der Waals surface area contributed by atoms with Crippen molar-refractivity contribution in [2.75, 3.05) is 24.5 Å². The zero-order valence-electron chi connectivity index (χ0n) is 22.2. The zero-order valence-corrected chi connectivity index (χ0v) is 23.0. The highest BCUT2D eigenvalue weighted by Gasteiger charge is 2.47. The molecule has 2 aromatic heterocycles. The molecule has 1 N–H and O–H groups in total. The lowest BCUT2D eigenvalue weighted by atomic mass is 9.74. The van der Waals surface area contributed by atoms with Crippen molar-refractivity contribution in [2.45, 2.75) is 18.3 Å². The second-order valence-electron chi connectivity index (χ2n) is 10.6. The maximum atomic E-state index is 13.9. The van der Waals surface area contributed by atoms with E-state index in [0.717, 1.165) is 16.9 Å². The molecular weight excluding hydrogens is 558 g/mol. The van der Waals surface area contributed by atoms with E-state index in [0.29, 0.717) is 54.1 Å². The van der Waals surface area contributed by atoms with Crippen LogP contribution in [-0.4, -0.2) is 61.0 Å². The highest BCUT2D eigenvalue weighted by Crippen LogP contribution is 2.47. The van der Waals surface area contributed by atoms with Gasteiger partial charge in [0.1, 0.15) is 0 Å². The number of carbonyl (C=O) groups is 2. The van der Waals surface area contributed by atoms with Crippen LogP contribution in [0.2, 0.25) is 5.02 Å².